The van der Waals surface area contributed by atoms with Crippen LogP contribution in [0.5, 0.6) is 5.75 Å². The molecule has 1 aromatic rings. The smallest absolute Gasteiger partial charge is 0.261 e. The van der Waals surface area contributed by atoms with E-state index >= 15 is 0 Å². The van der Waals surface area contributed by atoms with Crippen molar-refractivity contribution in [3.8, 4) is 5.75 Å². The van der Waals surface area contributed by atoms with Crippen molar-refractivity contribution < 1.29 is 13.9 Å². The van der Waals surface area contributed by atoms with E-state index in [1.807, 2.05) is 0 Å². The maximum atomic E-state index is 13.5. The molecular formula is C16H22FNO2. The molecule has 0 heterocycles. The molecule has 20 heavy (non-hydrogen) atoms. The molecule has 1 aromatic carbocycles. The van der Waals surface area contributed by atoms with Crippen LogP contribution in [0, 0.1) is 11.7 Å². The lowest BCUT2D eigenvalue weighted by atomic mass is 9.86. The van der Waals surface area contributed by atoms with Crippen molar-refractivity contribution in [2.45, 2.75) is 51.7 Å². The molecule has 0 unspecified atom stereocenters. The van der Waals surface area contributed by atoms with E-state index in [0.29, 0.717) is 5.92 Å². The van der Waals surface area contributed by atoms with E-state index in [-0.39, 0.29) is 17.7 Å². The van der Waals surface area contributed by atoms with E-state index in [9.17, 15) is 9.18 Å². The molecule has 1 saturated carbocycles. The molecule has 1 fully saturated rings. The molecule has 0 aromatic heterocycles. The summed E-state index contributed by atoms with van der Waals surface area (Å²) in [5.74, 6) is -0.00890. The molecule has 1 amide bonds. The van der Waals surface area contributed by atoms with Crippen molar-refractivity contribution >= 4 is 5.91 Å². The van der Waals surface area contributed by atoms with E-state index in [2.05, 4.69) is 12.2 Å². The maximum Gasteiger partial charge on any atom is 0.261 e. The van der Waals surface area contributed by atoms with Crippen LogP contribution in [0.4, 0.5) is 4.39 Å². The molecule has 0 saturated heterocycles. The number of benzene rings is 1. The first-order chi connectivity index (χ1) is 9.58. The number of halogens is 1. The van der Waals surface area contributed by atoms with Crippen LogP contribution in [-0.2, 0) is 4.79 Å². The zero-order valence-corrected chi connectivity index (χ0v) is 12.1. The zero-order valence-electron chi connectivity index (χ0n) is 12.1. The van der Waals surface area contributed by atoms with Crippen molar-refractivity contribution in [2.24, 2.45) is 5.92 Å². The highest BCUT2D eigenvalue weighted by Crippen LogP contribution is 2.24. The van der Waals surface area contributed by atoms with Gasteiger partial charge in [-0.15, -0.1) is 0 Å². The molecule has 0 spiro atoms. The summed E-state index contributed by atoms with van der Waals surface area (Å²) in [6.45, 7) is 3.81. The third kappa shape index (κ3) is 3.71. The first kappa shape index (κ1) is 14.8. The minimum atomic E-state index is -0.693. The minimum absolute atomic E-state index is 0.117. The second kappa shape index (κ2) is 6.73. The van der Waals surface area contributed by atoms with Crippen molar-refractivity contribution in [1.82, 2.24) is 5.32 Å². The Hall–Kier alpha value is -1.58. The van der Waals surface area contributed by atoms with E-state index in [1.165, 1.54) is 18.6 Å². The second-order valence-electron chi connectivity index (χ2n) is 5.57. The Morgan fingerprint density at radius 2 is 2.05 bits per heavy atom. The van der Waals surface area contributed by atoms with Gasteiger partial charge in [0.05, 0.1) is 0 Å². The fourth-order valence-electron chi connectivity index (χ4n) is 2.62. The first-order valence-electron chi connectivity index (χ1n) is 7.29. The summed E-state index contributed by atoms with van der Waals surface area (Å²) in [6.07, 6.45) is 3.85. The van der Waals surface area contributed by atoms with Crippen molar-refractivity contribution in [3.05, 3.63) is 30.1 Å². The highest BCUT2D eigenvalue weighted by Gasteiger charge is 2.25. The number of carbonyl (C=O) groups is 1. The number of para-hydroxylation sites is 1. The predicted molar refractivity (Wildman–Crippen MR) is 76.1 cm³/mol. The number of hydrogen-bond acceptors (Lipinski definition) is 2. The summed E-state index contributed by atoms with van der Waals surface area (Å²) in [4.78, 5) is 12.1. The van der Waals surface area contributed by atoms with E-state index in [1.54, 1.807) is 19.1 Å². The Kier molecular flexibility index (Phi) is 4.99. The largest absolute Gasteiger partial charge is 0.478 e. The highest BCUT2D eigenvalue weighted by atomic mass is 19.1. The molecular weight excluding hydrogens is 257 g/mol. The van der Waals surface area contributed by atoms with Gasteiger partial charge in [0, 0.05) is 6.04 Å². The van der Waals surface area contributed by atoms with Crippen LogP contribution in [0.15, 0.2) is 24.3 Å². The van der Waals surface area contributed by atoms with Gasteiger partial charge in [-0.25, -0.2) is 4.39 Å². The molecule has 110 valence electrons. The van der Waals surface area contributed by atoms with Gasteiger partial charge in [-0.3, -0.25) is 4.79 Å². The lowest BCUT2D eigenvalue weighted by Crippen LogP contribution is -2.46. The number of rotatable bonds is 4. The third-order valence-electron chi connectivity index (χ3n) is 3.95. The van der Waals surface area contributed by atoms with Gasteiger partial charge in [0.15, 0.2) is 17.7 Å². The lowest BCUT2D eigenvalue weighted by molar-refractivity contribution is -0.128. The van der Waals surface area contributed by atoms with Crippen LogP contribution in [0.25, 0.3) is 0 Å². The Labute approximate surface area is 119 Å². The predicted octanol–water partition coefficient (Wildman–Crippen LogP) is 3.29. The standard InChI is InChI=1S/C16H22FNO2/c1-11-7-3-5-9-14(11)18-16(19)12(2)20-15-10-6-4-8-13(15)17/h4,6,8,10-12,14H,3,5,7,9H2,1-2H3,(H,18,19)/t11-,12+,14-/m0/s1. The maximum absolute atomic E-state index is 13.5. The quantitative estimate of drug-likeness (QED) is 0.918. The average molecular weight is 279 g/mol. The number of nitrogens with one attached hydrogen (secondary N) is 1. The van der Waals surface area contributed by atoms with Crippen LogP contribution in [-0.4, -0.2) is 18.1 Å². The fraction of sp³-hybridized carbons (Fsp3) is 0.562. The SMILES string of the molecule is C[C@@H](Oc1ccccc1F)C(=O)N[C@H]1CCCC[C@@H]1C. The average Bonchev–Trinajstić information content (AvgIpc) is 2.43. The summed E-state index contributed by atoms with van der Waals surface area (Å²) in [5.41, 5.74) is 0. The van der Waals surface area contributed by atoms with Crippen LogP contribution >= 0.6 is 0 Å². The van der Waals surface area contributed by atoms with Gasteiger partial charge in [0.1, 0.15) is 0 Å². The monoisotopic (exact) mass is 279 g/mol. The van der Waals surface area contributed by atoms with Gasteiger partial charge in [0.2, 0.25) is 0 Å². The van der Waals surface area contributed by atoms with Gasteiger partial charge in [0.25, 0.3) is 5.91 Å². The molecule has 3 nitrogen and oxygen atoms in total. The summed E-state index contributed by atoms with van der Waals surface area (Å²) in [7, 11) is 0. The number of amides is 1. The molecule has 4 heteroatoms. The van der Waals surface area contributed by atoms with E-state index < -0.39 is 11.9 Å². The normalized spacial score (nSPS) is 23.9. The van der Waals surface area contributed by atoms with Crippen LogP contribution in [0.1, 0.15) is 39.5 Å². The molecule has 0 aliphatic heterocycles. The fourth-order valence-corrected chi connectivity index (χ4v) is 2.62. The van der Waals surface area contributed by atoms with Crippen LogP contribution < -0.4 is 10.1 Å². The van der Waals surface area contributed by atoms with Gasteiger partial charge in [-0.2, -0.15) is 0 Å². The molecule has 2 rings (SSSR count). The lowest BCUT2D eigenvalue weighted by Gasteiger charge is -2.30. The van der Waals surface area contributed by atoms with Crippen molar-refractivity contribution in [1.29, 1.82) is 0 Å². The molecule has 1 aliphatic carbocycles. The number of ether oxygens (including phenoxy) is 1. The molecule has 1 aliphatic rings. The van der Waals surface area contributed by atoms with Crippen LogP contribution in [0.3, 0.4) is 0 Å². The van der Waals surface area contributed by atoms with Gasteiger partial charge in [-0.1, -0.05) is 31.9 Å². The number of carbonyl (C=O) groups excluding carboxylic acids is 1. The third-order valence-corrected chi connectivity index (χ3v) is 3.95. The Balaban J connectivity index is 1.90. The Morgan fingerprint density at radius 1 is 1.35 bits per heavy atom. The molecule has 0 radical (unpaired) electrons. The summed E-state index contributed by atoms with van der Waals surface area (Å²) in [5, 5.41) is 3.02. The minimum Gasteiger partial charge on any atom is -0.478 e. The number of hydrogen-bond donors (Lipinski definition) is 1. The van der Waals surface area contributed by atoms with Crippen molar-refractivity contribution in [2.75, 3.05) is 0 Å². The highest BCUT2D eigenvalue weighted by molar-refractivity contribution is 5.81. The Bertz CT molecular complexity index is 464. The van der Waals surface area contributed by atoms with Crippen LogP contribution in [0.2, 0.25) is 0 Å². The van der Waals surface area contributed by atoms with Gasteiger partial charge >= 0.3 is 0 Å². The summed E-state index contributed by atoms with van der Waals surface area (Å²) >= 11 is 0. The molecule has 3 atom stereocenters. The molecule has 1 N–H and O–H groups in total. The van der Waals surface area contributed by atoms with Crippen molar-refractivity contribution in [3.63, 3.8) is 0 Å². The second-order valence-corrected chi connectivity index (χ2v) is 5.57. The van der Waals surface area contributed by atoms with Gasteiger partial charge < -0.3 is 10.1 Å². The Morgan fingerprint density at radius 3 is 2.75 bits per heavy atom. The summed E-state index contributed by atoms with van der Waals surface area (Å²) in [6, 6.07) is 6.34. The molecule has 0 bridgehead atoms. The van der Waals surface area contributed by atoms with E-state index in [0.717, 1.165) is 19.3 Å². The zero-order chi connectivity index (χ0) is 14.5. The van der Waals surface area contributed by atoms with Gasteiger partial charge in [-0.05, 0) is 37.8 Å². The topological polar surface area (TPSA) is 38.3 Å². The van der Waals surface area contributed by atoms with E-state index in [4.69, 9.17) is 4.74 Å². The summed E-state index contributed by atoms with van der Waals surface area (Å²) < 4.78 is 18.9. The first-order valence-corrected chi connectivity index (χ1v) is 7.29.